The fourth-order valence-corrected chi connectivity index (χ4v) is 5.55. The number of anilines is 1. The van der Waals surface area contributed by atoms with Crippen LogP contribution in [0.15, 0.2) is 41.3 Å². The van der Waals surface area contributed by atoms with Gasteiger partial charge in [-0.15, -0.1) is 0 Å². The minimum Gasteiger partial charge on any atom is -0.340 e. The molecular weight excluding hydrogens is 523 g/mol. The standard InChI is InChI=1S/C22H27Cl3N4O4S/c1-5-29(6-2)34(32,33)16-9-7-8-14(10-16)21(30)26-19(13(3)4)22(31)28-27-20-17(24)11-15(23)12-18(20)25/h7-13,19,27H,5-6H2,1-4H3,(H,26,30)(H,28,31)/t19-/m0/s1. The number of hydrogen-bond acceptors (Lipinski definition) is 5. The summed E-state index contributed by atoms with van der Waals surface area (Å²) in [6.07, 6.45) is 0. The second-order valence-corrected chi connectivity index (χ2v) is 10.9. The molecule has 2 rings (SSSR count). The van der Waals surface area contributed by atoms with Gasteiger partial charge in [0.1, 0.15) is 6.04 Å². The van der Waals surface area contributed by atoms with Crippen molar-refractivity contribution in [3.05, 3.63) is 57.0 Å². The van der Waals surface area contributed by atoms with E-state index in [-0.39, 0.29) is 32.1 Å². The van der Waals surface area contributed by atoms with Gasteiger partial charge in [-0.1, -0.05) is 68.6 Å². The van der Waals surface area contributed by atoms with Crippen LogP contribution in [0.2, 0.25) is 15.1 Å². The van der Waals surface area contributed by atoms with E-state index in [1.807, 2.05) is 0 Å². The number of sulfonamides is 1. The number of rotatable bonds is 10. The van der Waals surface area contributed by atoms with E-state index >= 15 is 0 Å². The first-order valence-corrected chi connectivity index (χ1v) is 13.1. The van der Waals surface area contributed by atoms with Gasteiger partial charge in [0.15, 0.2) is 0 Å². The van der Waals surface area contributed by atoms with Crippen molar-refractivity contribution < 1.29 is 18.0 Å². The predicted octanol–water partition coefficient (Wildman–Crippen LogP) is 4.58. The fraction of sp³-hybridized carbons (Fsp3) is 0.364. The van der Waals surface area contributed by atoms with E-state index in [9.17, 15) is 18.0 Å². The highest BCUT2D eigenvalue weighted by atomic mass is 35.5. The highest BCUT2D eigenvalue weighted by Crippen LogP contribution is 2.33. The van der Waals surface area contributed by atoms with Crippen molar-refractivity contribution in [1.29, 1.82) is 0 Å². The Hall–Kier alpha value is -2.04. The van der Waals surface area contributed by atoms with Crippen LogP contribution in [-0.2, 0) is 14.8 Å². The lowest BCUT2D eigenvalue weighted by atomic mass is 10.0. The molecular formula is C22H27Cl3N4O4S. The molecule has 0 aliphatic heterocycles. The normalized spacial score (nSPS) is 12.5. The Balaban J connectivity index is 2.18. The zero-order chi connectivity index (χ0) is 25.6. The third-order valence-electron chi connectivity index (χ3n) is 4.99. The lowest BCUT2D eigenvalue weighted by molar-refractivity contribution is -0.123. The summed E-state index contributed by atoms with van der Waals surface area (Å²) in [7, 11) is -3.74. The van der Waals surface area contributed by atoms with Crippen molar-refractivity contribution in [2.75, 3.05) is 18.5 Å². The lowest BCUT2D eigenvalue weighted by Crippen LogP contribution is -2.51. The number of hydrazine groups is 1. The van der Waals surface area contributed by atoms with Gasteiger partial charge in [0.2, 0.25) is 10.0 Å². The molecule has 2 aromatic rings. The molecule has 0 fully saturated rings. The van der Waals surface area contributed by atoms with Gasteiger partial charge in [0.05, 0.1) is 20.6 Å². The van der Waals surface area contributed by atoms with Crippen molar-refractivity contribution in [3.8, 4) is 0 Å². The van der Waals surface area contributed by atoms with Gasteiger partial charge >= 0.3 is 0 Å². The van der Waals surface area contributed by atoms with Crippen LogP contribution in [0, 0.1) is 5.92 Å². The minimum absolute atomic E-state index is 0.00286. The van der Waals surface area contributed by atoms with Gasteiger partial charge in [0.25, 0.3) is 11.8 Å². The molecule has 0 aliphatic carbocycles. The number of halogens is 3. The quantitative estimate of drug-likeness (QED) is 0.376. The molecule has 0 spiro atoms. The molecule has 0 heterocycles. The lowest BCUT2D eigenvalue weighted by Gasteiger charge is -2.23. The van der Waals surface area contributed by atoms with Crippen LogP contribution >= 0.6 is 34.8 Å². The summed E-state index contributed by atoms with van der Waals surface area (Å²) < 4.78 is 26.9. The Morgan fingerprint density at radius 3 is 2.12 bits per heavy atom. The van der Waals surface area contributed by atoms with E-state index in [0.717, 1.165) is 0 Å². The summed E-state index contributed by atoms with van der Waals surface area (Å²) >= 11 is 18.1. The molecule has 2 amide bonds. The van der Waals surface area contributed by atoms with Gasteiger partial charge in [0, 0.05) is 23.7 Å². The van der Waals surface area contributed by atoms with Crippen LogP contribution in [-0.4, -0.2) is 43.7 Å². The van der Waals surface area contributed by atoms with Gasteiger partial charge in [-0.3, -0.25) is 20.4 Å². The Labute approximate surface area is 215 Å². The van der Waals surface area contributed by atoms with Gasteiger partial charge in [-0.2, -0.15) is 4.31 Å². The van der Waals surface area contributed by atoms with Crippen LogP contribution in [0.5, 0.6) is 0 Å². The summed E-state index contributed by atoms with van der Waals surface area (Å²) in [4.78, 5) is 25.7. The van der Waals surface area contributed by atoms with Crippen molar-refractivity contribution in [1.82, 2.24) is 15.0 Å². The van der Waals surface area contributed by atoms with E-state index in [4.69, 9.17) is 34.8 Å². The van der Waals surface area contributed by atoms with E-state index in [1.165, 1.54) is 40.7 Å². The van der Waals surface area contributed by atoms with Crippen LogP contribution in [0.25, 0.3) is 0 Å². The Morgan fingerprint density at radius 1 is 1.00 bits per heavy atom. The summed E-state index contributed by atoms with van der Waals surface area (Å²) in [5, 5.41) is 3.40. The number of hydrogen-bond donors (Lipinski definition) is 3. The molecule has 0 aliphatic rings. The van der Waals surface area contributed by atoms with E-state index < -0.39 is 27.9 Å². The minimum atomic E-state index is -3.74. The maximum atomic E-state index is 12.9. The fourth-order valence-electron chi connectivity index (χ4n) is 3.13. The molecule has 8 nitrogen and oxygen atoms in total. The highest BCUT2D eigenvalue weighted by Gasteiger charge is 2.27. The van der Waals surface area contributed by atoms with Crippen molar-refractivity contribution in [2.24, 2.45) is 5.92 Å². The Kier molecular flexibility index (Phi) is 10.0. The van der Waals surface area contributed by atoms with Gasteiger partial charge in [-0.05, 0) is 36.2 Å². The van der Waals surface area contributed by atoms with Crippen molar-refractivity contribution >= 4 is 62.3 Å². The average Bonchev–Trinajstić information content (AvgIpc) is 2.76. The highest BCUT2D eigenvalue weighted by molar-refractivity contribution is 7.89. The molecule has 0 radical (unpaired) electrons. The molecule has 34 heavy (non-hydrogen) atoms. The second kappa shape index (κ2) is 12.1. The number of carbonyl (C=O) groups excluding carboxylic acids is 2. The smallest absolute Gasteiger partial charge is 0.261 e. The summed E-state index contributed by atoms with van der Waals surface area (Å²) in [6, 6.07) is 7.69. The molecule has 12 heteroatoms. The van der Waals surface area contributed by atoms with Gasteiger partial charge < -0.3 is 5.32 Å². The Bertz CT molecular complexity index is 1130. The molecule has 186 valence electrons. The number of nitrogens with zero attached hydrogens (tertiary/aromatic N) is 1. The maximum absolute atomic E-state index is 12.9. The van der Waals surface area contributed by atoms with Crippen molar-refractivity contribution in [3.63, 3.8) is 0 Å². The molecule has 0 saturated carbocycles. The first-order chi connectivity index (χ1) is 15.9. The topological polar surface area (TPSA) is 108 Å². The number of benzene rings is 2. The molecule has 0 aromatic heterocycles. The molecule has 0 bridgehead atoms. The zero-order valence-electron chi connectivity index (χ0n) is 19.2. The third kappa shape index (κ3) is 6.76. The summed E-state index contributed by atoms with van der Waals surface area (Å²) in [6.45, 7) is 7.60. The summed E-state index contributed by atoms with van der Waals surface area (Å²) in [5.74, 6) is -1.42. The van der Waals surface area contributed by atoms with Crippen molar-refractivity contribution in [2.45, 2.75) is 38.6 Å². The third-order valence-corrected chi connectivity index (χ3v) is 7.85. The second-order valence-electron chi connectivity index (χ2n) is 7.67. The largest absolute Gasteiger partial charge is 0.340 e. The number of amides is 2. The SMILES string of the molecule is CCN(CC)S(=O)(=O)c1cccc(C(=O)N[C@H](C(=O)NNc2c(Cl)cc(Cl)cc2Cl)C(C)C)c1. The Morgan fingerprint density at radius 2 is 1.59 bits per heavy atom. The molecule has 0 saturated heterocycles. The van der Waals surface area contributed by atoms with E-state index in [0.29, 0.717) is 18.1 Å². The van der Waals surface area contributed by atoms with Crippen LogP contribution < -0.4 is 16.2 Å². The monoisotopic (exact) mass is 548 g/mol. The maximum Gasteiger partial charge on any atom is 0.261 e. The number of carbonyl (C=O) groups is 2. The van der Waals surface area contributed by atoms with E-state index in [1.54, 1.807) is 27.7 Å². The summed E-state index contributed by atoms with van der Waals surface area (Å²) in [5.41, 5.74) is 5.51. The molecule has 1 atom stereocenters. The molecule has 2 aromatic carbocycles. The van der Waals surface area contributed by atoms with Gasteiger partial charge in [-0.25, -0.2) is 8.42 Å². The molecule has 3 N–H and O–H groups in total. The van der Waals surface area contributed by atoms with E-state index in [2.05, 4.69) is 16.2 Å². The molecule has 0 unspecified atom stereocenters. The first-order valence-electron chi connectivity index (χ1n) is 10.5. The van der Waals surface area contributed by atoms with Crippen LogP contribution in [0.3, 0.4) is 0 Å². The number of nitrogens with one attached hydrogen (secondary N) is 3. The average molecular weight is 550 g/mol. The zero-order valence-corrected chi connectivity index (χ0v) is 22.2. The van der Waals surface area contributed by atoms with Crippen LogP contribution in [0.4, 0.5) is 5.69 Å². The predicted molar refractivity (Wildman–Crippen MR) is 136 cm³/mol. The van der Waals surface area contributed by atoms with Crippen LogP contribution in [0.1, 0.15) is 38.1 Å². The first kappa shape index (κ1) is 28.2.